The van der Waals surface area contributed by atoms with E-state index in [0.29, 0.717) is 10.8 Å². The van der Waals surface area contributed by atoms with Crippen LogP contribution in [0.1, 0.15) is 29.9 Å². The molecule has 0 aromatic carbocycles. The lowest BCUT2D eigenvalue weighted by Crippen LogP contribution is -2.21. The second-order valence-corrected chi connectivity index (χ2v) is 5.64. The summed E-state index contributed by atoms with van der Waals surface area (Å²) in [5.41, 5.74) is -0.830. The van der Waals surface area contributed by atoms with E-state index in [2.05, 4.69) is 0 Å². The van der Waals surface area contributed by atoms with Gasteiger partial charge >= 0.3 is 5.97 Å². The van der Waals surface area contributed by atoms with Crippen LogP contribution in [0.5, 0.6) is 5.75 Å². The topological polar surface area (TPSA) is 66.8 Å². The molecule has 1 aromatic heterocycles. The van der Waals surface area contributed by atoms with Crippen molar-refractivity contribution < 1.29 is 19.7 Å². The van der Waals surface area contributed by atoms with Crippen LogP contribution in [0, 0.1) is 0 Å². The Bertz CT molecular complexity index is 381. The molecule has 1 rings (SSSR count). The van der Waals surface area contributed by atoms with Gasteiger partial charge in [-0.3, -0.25) is 0 Å². The highest BCUT2D eigenvalue weighted by atomic mass is 35.5. The van der Waals surface area contributed by atoms with E-state index < -0.39 is 11.6 Å². The predicted molar refractivity (Wildman–Crippen MR) is 62.7 cm³/mol. The Balaban J connectivity index is 2.63. The van der Waals surface area contributed by atoms with Gasteiger partial charge in [0, 0.05) is 12.5 Å². The highest BCUT2D eigenvalue weighted by Gasteiger charge is 2.18. The quantitative estimate of drug-likeness (QED) is 0.858. The minimum absolute atomic E-state index is 0.0840. The maximum atomic E-state index is 10.8. The maximum Gasteiger partial charge on any atom is 0.349 e. The molecule has 0 spiro atoms. The summed E-state index contributed by atoms with van der Waals surface area (Å²) in [6, 6.07) is 1.47. The fourth-order valence-electron chi connectivity index (χ4n) is 1.01. The van der Waals surface area contributed by atoms with Crippen molar-refractivity contribution in [1.82, 2.24) is 0 Å². The summed E-state index contributed by atoms with van der Waals surface area (Å²) in [5, 5.41) is 18.3. The van der Waals surface area contributed by atoms with Gasteiger partial charge in [-0.05, 0) is 13.8 Å². The molecule has 90 valence electrons. The molecule has 0 aliphatic rings. The molecule has 0 radical (unpaired) electrons. The Hall–Kier alpha value is -0.780. The number of carboxylic acids is 1. The van der Waals surface area contributed by atoms with Gasteiger partial charge in [-0.2, -0.15) is 0 Å². The van der Waals surface area contributed by atoms with E-state index in [9.17, 15) is 9.90 Å². The fourth-order valence-corrected chi connectivity index (χ4v) is 2.01. The molecule has 16 heavy (non-hydrogen) atoms. The van der Waals surface area contributed by atoms with Crippen LogP contribution in [0.2, 0.25) is 4.34 Å². The van der Waals surface area contributed by atoms with Gasteiger partial charge in [0.05, 0.1) is 16.5 Å². The highest BCUT2D eigenvalue weighted by molar-refractivity contribution is 7.18. The molecule has 0 aliphatic heterocycles. The summed E-state index contributed by atoms with van der Waals surface area (Å²) in [4.78, 5) is 10.9. The van der Waals surface area contributed by atoms with E-state index in [0.717, 1.165) is 11.3 Å². The predicted octanol–water partition coefficient (Wildman–Crippen LogP) is 2.64. The third kappa shape index (κ3) is 4.00. The van der Waals surface area contributed by atoms with Crippen LogP contribution < -0.4 is 4.74 Å². The molecule has 0 fully saturated rings. The zero-order valence-corrected chi connectivity index (χ0v) is 10.6. The lowest BCUT2D eigenvalue weighted by atomic mass is 10.1. The normalized spacial score (nSPS) is 11.5. The number of halogens is 1. The maximum absolute atomic E-state index is 10.8. The second-order valence-electron chi connectivity index (χ2n) is 3.96. The summed E-state index contributed by atoms with van der Waals surface area (Å²) in [6.07, 6.45) is 0.416. The zero-order chi connectivity index (χ0) is 12.3. The molecule has 0 amide bonds. The monoisotopic (exact) mass is 264 g/mol. The van der Waals surface area contributed by atoms with E-state index in [1.807, 2.05) is 0 Å². The Labute approximate surface area is 102 Å². The van der Waals surface area contributed by atoms with Gasteiger partial charge in [-0.1, -0.05) is 11.6 Å². The second kappa shape index (κ2) is 5.03. The number of carbonyl (C=O) groups is 1. The first-order valence-corrected chi connectivity index (χ1v) is 5.87. The van der Waals surface area contributed by atoms with Gasteiger partial charge in [0.25, 0.3) is 0 Å². The average molecular weight is 265 g/mol. The fraction of sp³-hybridized carbons (Fsp3) is 0.500. The van der Waals surface area contributed by atoms with Gasteiger partial charge in [0.2, 0.25) is 0 Å². The molecule has 4 nitrogen and oxygen atoms in total. The molecule has 0 aliphatic carbocycles. The smallest absolute Gasteiger partial charge is 0.349 e. The van der Waals surface area contributed by atoms with Gasteiger partial charge in [0.15, 0.2) is 4.88 Å². The Morgan fingerprint density at radius 2 is 2.25 bits per heavy atom. The van der Waals surface area contributed by atoms with Crippen LogP contribution in [0.25, 0.3) is 0 Å². The van der Waals surface area contributed by atoms with Crippen LogP contribution in [0.15, 0.2) is 6.07 Å². The number of hydrogen-bond acceptors (Lipinski definition) is 4. The Morgan fingerprint density at radius 1 is 1.62 bits per heavy atom. The van der Waals surface area contributed by atoms with Gasteiger partial charge in [-0.15, -0.1) is 11.3 Å². The molecule has 1 heterocycles. The van der Waals surface area contributed by atoms with E-state index in [1.165, 1.54) is 6.07 Å². The largest absolute Gasteiger partial charge is 0.492 e. The molecule has 2 N–H and O–H groups in total. The first-order valence-electron chi connectivity index (χ1n) is 4.67. The standard InChI is InChI=1S/C10H13ClO4S/c1-10(2,14)3-4-15-6-5-7(11)16-8(6)9(12)13/h5,14H,3-4H2,1-2H3,(H,12,13). The molecule has 0 saturated heterocycles. The lowest BCUT2D eigenvalue weighted by molar-refractivity contribution is 0.0550. The van der Waals surface area contributed by atoms with Crippen molar-refractivity contribution in [2.75, 3.05) is 6.61 Å². The average Bonchev–Trinajstić information content (AvgIpc) is 2.44. The van der Waals surface area contributed by atoms with Crippen LogP contribution in [-0.2, 0) is 0 Å². The highest BCUT2D eigenvalue weighted by Crippen LogP contribution is 2.33. The van der Waals surface area contributed by atoms with Crippen molar-refractivity contribution >= 4 is 28.9 Å². The van der Waals surface area contributed by atoms with Crippen molar-refractivity contribution in [2.24, 2.45) is 0 Å². The third-order valence-electron chi connectivity index (χ3n) is 1.83. The lowest BCUT2D eigenvalue weighted by Gasteiger charge is -2.16. The van der Waals surface area contributed by atoms with E-state index >= 15 is 0 Å². The minimum Gasteiger partial charge on any atom is -0.492 e. The number of rotatable bonds is 5. The van der Waals surface area contributed by atoms with Gasteiger partial charge in [0.1, 0.15) is 5.75 Å². The van der Waals surface area contributed by atoms with Crippen molar-refractivity contribution in [1.29, 1.82) is 0 Å². The van der Waals surface area contributed by atoms with Crippen molar-refractivity contribution in [3.63, 3.8) is 0 Å². The molecule has 0 atom stereocenters. The molecule has 0 bridgehead atoms. The van der Waals surface area contributed by atoms with Crippen LogP contribution in [0.4, 0.5) is 0 Å². The number of hydrogen-bond donors (Lipinski definition) is 2. The molecular formula is C10H13ClO4S. The minimum atomic E-state index is -1.06. The van der Waals surface area contributed by atoms with Crippen molar-refractivity contribution in [2.45, 2.75) is 25.9 Å². The van der Waals surface area contributed by atoms with E-state index in [4.69, 9.17) is 21.4 Å². The molecular weight excluding hydrogens is 252 g/mol. The van der Waals surface area contributed by atoms with E-state index in [1.54, 1.807) is 13.8 Å². The molecule has 6 heteroatoms. The summed E-state index contributed by atoms with van der Waals surface area (Å²) < 4.78 is 5.65. The molecule has 0 saturated carbocycles. The number of thiophene rings is 1. The Kier molecular flexibility index (Phi) is 4.18. The SMILES string of the molecule is CC(C)(O)CCOc1cc(Cl)sc1C(=O)O. The van der Waals surface area contributed by atoms with Crippen LogP contribution in [-0.4, -0.2) is 28.4 Å². The third-order valence-corrected chi connectivity index (χ3v) is 3.07. The molecule has 1 aromatic rings. The van der Waals surface area contributed by atoms with Crippen LogP contribution in [0.3, 0.4) is 0 Å². The Morgan fingerprint density at radius 3 is 2.75 bits per heavy atom. The summed E-state index contributed by atoms with van der Waals surface area (Å²) in [6.45, 7) is 3.57. The zero-order valence-electron chi connectivity index (χ0n) is 8.99. The first kappa shape index (κ1) is 13.3. The number of carboxylic acid groups (broad SMARTS) is 1. The summed E-state index contributed by atoms with van der Waals surface area (Å²) >= 11 is 6.66. The van der Waals surface area contributed by atoms with Crippen molar-refractivity contribution in [3.05, 3.63) is 15.3 Å². The van der Waals surface area contributed by atoms with Gasteiger partial charge < -0.3 is 14.9 Å². The number of aliphatic hydroxyl groups is 1. The summed E-state index contributed by atoms with van der Waals surface area (Å²) in [5.74, 6) is -0.804. The van der Waals surface area contributed by atoms with Crippen molar-refractivity contribution in [3.8, 4) is 5.75 Å². The number of aromatic carboxylic acids is 1. The first-order chi connectivity index (χ1) is 7.29. The van der Waals surface area contributed by atoms with E-state index in [-0.39, 0.29) is 17.2 Å². The van der Waals surface area contributed by atoms with Crippen LogP contribution >= 0.6 is 22.9 Å². The summed E-state index contributed by atoms with van der Waals surface area (Å²) in [7, 11) is 0. The number of ether oxygens (including phenoxy) is 1. The van der Waals surface area contributed by atoms with Gasteiger partial charge in [-0.25, -0.2) is 4.79 Å². The molecule has 0 unspecified atom stereocenters.